The molecule has 1 N–H and O–H groups in total. The molecule has 2 saturated heterocycles. The number of alkyl halides is 2. The van der Waals surface area contributed by atoms with Gasteiger partial charge >= 0.3 is 5.97 Å². The number of methoxy groups -OCH3 is 1. The first-order valence-corrected chi connectivity index (χ1v) is 17.8. The minimum absolute atomic E-state index is 0.0249. The van der Waals surface area contributed by atoms with E-state index in [4.69, 9.17) is 11.3 Å². The van der Waals surface area contributed by atoms with Crippen molar-refractivity contribution in [3.05, 3.63) is 119 Å². The zero-order chi connectivity index (χ0) is 36.2. The summed E-state index contributed by atoms with van der Waals surface area (Å²) in [6.07, 6.45) is 5.63. The summed E-state index contributed by atoms with van der Waals surface area (Å²) in [7, 11) is 1.40. The van der Waals surface area contributed by atoms with Gasteiger partial charge in [0.15, 0.2) is 0 Å². The summed E-state index contributed by atoms with van der Waals surface area (Å²) in [5, 5.41) is 2.53. The average Bonchev–Trinajstić information content (AvgIpc) is 3.59. The maximum atomic E-state index is 15.4. The highest BCUT2D eigenvalue weighted by molar-refractivity contribution is 5.98. The topological polar surface area (TPSA) is 66.2 Å². The normalized spacial score (nSPS) is 21.3. The molecule has 0 bridgehead atoms. The lowest BCUT2D eigenvalue weighted by molar-refractivity contribution is -0.142. The number of benzene rings is 3. The number of carbonyl (C=O) groups is 2. The van der Waals surface area contributed by atoms with Crippen LogP contribution in [0.2, 0.25) is 0 Å². The van der Waals surface area contributed by atoms with Crippen molar-refractivity contribution < 1.29 is 27.5 Å². The number of carbonyl (C=O) groups excluding carboxylic acids is 2. The number of rotatable bonds is 12. The fourth-order valence-electron chi connectivity index (χ4n) is 8.74. The first kappa shape index (κ1) is 36.2. The SMILES string of the molecule is [C-]#[N+][C@@](c1cccc(F)c1)(C1CCN(CC2CN(c3ccc(C(F)(F)c4cccc(NC(=O)C=C)c4)cc3)C2)CC1)[C@H]1CCC[C@@H]1CC(=O)OC. The largest absolute Gasteiger partial charge is 0.469 e. The number of hydrogen-bond donors (Lipinski definition) is 1. The maximum Gasteiger partial charge on any atom is 0.305 e. The number of amides is 1. The van der Waals surface area contributed by atoms with E-state index in [0.717, 1.165) is 82.2 Å². The van der Waals surface area contributed by atoms with Crippen molar-refractivity contribution in [3.63, 3.8) is 0 Å². The number of anilines is 2. The van der Waals surface area contributed by atoms with Crippen LogP contribution in [-0.4, -0.2) is 56.6 Å². The highest BCUT2D eigenvalue weighted by Gasteiger charge is 2.58. The second-order valence-electron chi connectivity index (χ2n) is 14.3. The van der Waals surface area contributed by atoms with Crippen molar-refractivity contribution in [1.82, 2.24) is 4.90 Å². The van der Waals surface area contributed by atoms with Gasteiger partial charge in [-0.25, -0.2) is 11.0 Å². The van der Waals surface area contributed by atoms with Crippen LogP contribution >= 0.6 is 0 Å². The number of nitrogens with one attached hydrogen (secondary N) is 1. The summed E-state index contributed by atoms with van der Waals surface area (Å²) in [6, 6.07) is 18.6. The molecule has 1 aliphatic carbocycles. The van der Waals surface area contributed by atoms with Crippen LogP contribution in [0.3, 0.4) is 0 Å². The van der Waals surface area contributed by atoms with Gasteiger partial charge in [-0.15, -0.1) is 0 Å². The molecule has 7 nitrogen and oxygen atoms in total. The Labute approximate surface area is 298 Å². The van der Waals surface area contributed by atoms with Gasteiger partial charge in [-0.2, -0.15) is 8.78 Å². The predicted octanol–water partition coefficient (Wildman–Crippen LogP) is 8.03. The Kier molecular flexibility index (Phi) is 10.9. The highest BCUT2D eigenvalue weighted by atomic mass is 19.3. The molecule has 2 heterocycles. The van der Waals surface area contributed by atoms with Gasteiger partial charge in [0.2, 0.25) is 5.91 Å². The number of nitrogens with zero attached hydrogens (tertiary/aromatic N) is 3. The molecular weight excluding hydrogens is 653 g/mol. The Morgan fingerprint density at radius 2 is 1.69 bits per heavy atom. The fourth-order valence-corrected chi connectivity index (χ4v) is 8.74. The van der Waals surface area contributed by atoms with E-state index in [2.05, 4.69) is 26.5 Å². The predicted molar refractivity (Wildman–Crippen MR) is 192 cm³/mol. The van der Waals surface area contributed by atoms with Gasteiger partial charge in [-0.1, -0.05) is 49.4 Å². The Morgan fingerprint density at radius 1 is 0.980 bits per heavy atom. The molecule has 0 aromatic heterocycles. The Bertz CT molecular complexity index is 1760. The molecule has 3 fully saturated rings. The Morgan fingerprint density at radius 3 is 2.35 bits per heavy atom. The number of esters is 1. The number of piperidine rings is 1. The second kappa shape index (κ2) is 15.3. The van der Waals surface area contributed by atoms with E-state index in [1.54, 1.807) is 24.3 Å². The zero-order valence-electron chi connectivity index (χ0n) is 29.0. The molecule has 51 heavy (non-hydrogen) atoms. The molecule has 0 radical (unpaired) electrons. The van der Waals surface area contributed by atoms with Gasteiger partial charge in [0, 0.05) is 71.9 Å². The van der Waals surface area contributed by atoms with E-state index in [1.165, 1.54) is 49.6 Å². The standard InChI is InChI=1S/C41H45F3N4O3/c1-4-38(49)46-35-12-7-10-33(24-35)41(43,44)31-14-16-36(17-15-31)48-26-28(27-48)25-47-20-18-30(19-21-47)40(45-2,32-9-6-11-34(42)23-32)37-13-5-8-29(37)22-39(50)51-3/h4,6-7,9-12,14-17,23-24,28-30,37H,1,5,8,13,18-22,25-27H2,3H3,(H,46,49)/t29-,37+,40-/m1/s1. The van der Waals surface area contributed by atoms with Crippen LogP contribution in [0.5, 0.6) is 0 Å². The summed E-state index contributed by atoms with van der Waals surface area (Å²) >= 11 is 0. The minimum atomic E-state index is -3.24. The molecule has 3 aromatic carbocycles. The fraction of sp³-hybridized carbons (Fsp3) is 0.439. The lowest BCUT2D eigenvalue weighted by Crippen LogP contribution is -2.53. The van der Waals surface area contributed by atoms with Crippen LogP contribution in [0, 0.1) is 36.1 Å². The van der Waals surface area contributed by atoms with E-state index in [0.29, 0.717) is 5.92 Å². The number of ether oxygens (including phenoxy) is 1. The molecule has 0 unspecified atom stereocenters. The van der Waals surface area contributed by atoms with Crippen LogP contribution in [0.15, 0.2) is 85.5 Å². The van der Waals surface area contributed by atoms with E-state index < -0.39 is 17.4 Å². The van der Waals surface area contributed by atoms with Crippen molar-refractivity contribution in [1.29, 1.82) is 0 Å². The van der Waals surface area contributed by atoms with Crippen LogP contribution in [0.1, 0.15) is 55.2 Å². The van der Waals surface area contributed by atoms with Gasteiger partial charge in [-0.05, 0) is 87.2 Å². The summed E-state index contributed by atoms with van der Waals surface area (Å²) in [5.41, 5.74) is 0.664. The number of likely N-dealkylation sites (tertiary alicyclic amines) is 1. The van der Waals surface area contributed by atoms with Crippen molar-refractivity contribution in [2.24, 2.45) is 23.7 Å². The quantitative estimate of drug-likeness (QED) is 0.118. The van der Waals surface area contributed by atoms with E-state index >= 15 is 8.78 Å². The van der Waals surface area contributed by atoms with Gasteiger partial charge in [0.25, 0.3) is 11.5 Å². The molecule has 10 heteroatoms. The Balaban J connectivity index is 1.06. The third kappa shape index (κ3) is 7.55. The molecule has 2 aliphatic heterocycles. The molecule has 1 saturated carbocycles. The summed E-state index contributed by atoms with van der Waals surface area (Å²) in [6.45, 7) is 16.2. The van der Waals surface area contributed by atoms with E-state index in [1.807, 2.05) is 6.07 Å². The van der Waals surface area contributed by atoms with Gasteiger partial charge in [0.05, 0.1) is 7.11 Å². The minimum Gasteiger partial charge on any atom is -0.469 e. The molecule has 268 valence electrons. The summed E-state index contributed by atoms with van der Waals surface area (Å²) < 4.78 is 50.5. The molecule has 3 atom stereocenters. The molecule has 3 aromatic rings. The maximum absolute atomic E-state index is 15.4. The highest BCUT2D eigenvalue weighted by Crippen LogP contribution is 2.54. The summed E-state index contributed by atoms with van der Waals surface area (Å²) in [5.74, 6) is -3.86. The third-order valence-corrected chi connectivity index (χ3v) is 11.3. The lowest BCUT2D eigenvalue weighted by Gasteiger charge is -2.46. The van der Waals surface area contributed by atoms with Gasteiger partial charge in [0.1, 0.15) is 5.82 Å². The van der Waals surface area contributed by atoms with Gasteiger partial charge < -0.3 is 24.7 Å². The average molecular weight is 699 g/mol. The van der Waals surface area contributed by atoms with Crippen LogP contribution < -0.4 is 10.2 Å². The zero-order valence-corrected chi connectivity index (χ0v) is 29.0. The van der Waals surface area contributed by atoms with Crippen molar-refractivity contribution >= 4 is 23.3 Å². The number of hydrogen-bond acceptors (Lipinski definition) is 5. The monoisotopic (exact) mass is 698 g/mol. The van der Waals surface area contributed by atoms with Crippen LogP contribution in [0.4, 0.5) is 24.5 Å². The first-order valence-electron chi connectivity index (χ1n) is 17.8. The molecule has 6 rings (SSSR count). The second-order valence-corrected chi connectivity index (χ2v) is 14.3. The van der Waals surface area contributed by atoms with Crippen LogP contribution in [0.25, 0.3) is 4.85 Å². The molecular formula is C41H45F3N4O3. The van der Waals surface area contributed by atoms with E-state index in [9.17, 15) is 14.0 Å². The number of halogens is 3. The Hall–Kier alpha value is -4.62. The van der Waals surface area contributed by atoms with Gasteiger partial charge in [-0.3, -0.25) is 9.59 Å². The van der Waals surface area contributed by atoms with E-state index in [-0.39, 0.29) is 52.8 Å². The first-order chi connectivity index (χ1) is 24.6. The van der Waals surface area contributed by atoms with Crippen molar-refractivity contribution in [2.75, 3.05) is 50.1 Å². The van der Waals surface area contributed by atoms with Crippen molar-refractivity contribution in [3.8, 4) is 0 Å². The third-order valence-electron chi connectivity index (χ3n) is 11.3. The molecule has 3 aliphatic rings. The van der Waals surface area contributed by atoms with Crippen LogP contribution in [-0.2, 0) is 25.8 Å². The summed E-state index contributed by atoms with van der Waals surface area (Å²) in [4.78, 5) is 33.0. The molecule has 0 spiro atoms. The smallest absolute Gasteiger partial charge is 0.305 e. The lowest BCUT2D eigenvalue weighted by atomic mass is 9.63. The molecule has 1 amide bonds. The van der Waals surface area contributed by atoms with Crippen molar-refractivity contribution in [2.45, 2.75) is 50.0 Å².